The van der Waals surface area contributed by atoms with Gasteiger partial charge in [0.15, 0.2) is 0 Å². The Morgan fingerprint density at radius 2 is 2.00 bits per heavy atom. The molecule has 1 rings (SSSR count). The number of nitrogens with zero attached hydrogens (tertiary/aromatic N) is 1. The predicted octanol–water partition coefficient (Wildman–Crippen LogP) is 3.40. The molecule has 102 valence electrons. The van der Waals surface area contributed by atoms with Crippen LogP contribution in [0.2, 0.25) is 0 Å². The Bertz CT molecular complexity index is 215. The Morgan fingerprint density at radius 3 is 2.53 bits per heavy atom. The fraction of sp³-hybridized carbons (Fsp3) is 1.00. The summed E-state index contributed by atoms with van der Waals surface area (Å²) >= 11 is 0. The van der Waals surface area contributed by atoms with Crippen molar-refractivity contribution in [3.63, 3.8) is 0 Å². The Hall–Kier alpha value is -0.0800. The molecule has 2 unspecified atom stereocenters. The zero-order chi connectivity index (χ0) is 12.9. The lowest BCUT2D eigenvalue weighted by Gasteiger charge is -2.45. The van der Waals surface area contributed by atoms with E-state index in [-0.39, 0.29) is 5.54 Å². The van der Waals surface area contributed by atoms with Gasteiger partial charge in [-0.05, 0) is 45.1 Å². The van der Waals surface area contributed by atoms with Gasteiger partial charge in [-0.2, -0.15) is 0 Å². The second kappa shape index (κ2) is 6.75. The standard InChI is InChI=1S/C15H32N2/c1-5-14-9-7-6-8-10-17(14)15(4,12-16)11-13(2)3/h13-14H,5-12,16H2,1-4H3. The van der Waals surface area contributed by atoms with Crippen molar-refractivity contribution in [3.8, 4) is 0 Å². The molecule has 2 heteroatoms. The normalized spacial score (nSPS) is 26.8. The zero-order valence-electron chi connectivity index (χ0n) is 12.3. The number of rotatable bonds is 5. The van der Waals surface area contributed by atoms with Gasteiger partial charge >= 0.3 is 0 Å². The fourth-order valence-electron chi connectivity index (χ4n) is 3.51. The van der Waals surface area contributed by atoms with Gasteiger partial charge in [-0.3, -0.25) is 4.90 Å². The number of nitrogens with two attached hydrogens (primary N) is 1. The summed E-state index contributed by atoms with van der Waals surface area (Å²) in [5, 5.41) is 0. The van der Waals surface area contributed by atoms with Gasteiger partial charge in [0.2, 0.25) is 0 Å². The molecule has 1 fully saturated rings. The van der Waals surface area contributed by atoms with Crippen LogP contribution in [0.15, 0.2) is 0 Å². The number of hydrogen-bond acceptors (Lipinski definition) is 2. The largest absolute Gasteiger partial charge is 0.329 e. The SMILES string of the molecule is CCC1CCCCCN1C(C)(CN)CC(C)C. The third-order valence-electron chi connectivity index (χ3n) is 4.33. The molecule has 2 atom stereocenters. The third-order valence-corrected chi connectivity index (χ3v) is 4.33. The highest BCUT2D eigenvalue weighted by Crippen LogP contribution is 2.30. The van der Waals surface area contributed by atoms with E-state index in [4.69, 9.17) is 5.73 Å². The third kappa shape index (κ3) is 3.96. The first-order valence-electron chi connectivity index (χ1n) is 7.50. The van der Waals surface area contributed by atoms with Crippen molar-refractivity contribution < 1.29 is 0 Å². The van der Waals surface area contributed by atoms with Gasteiger partial charge in [0.1, 0.15) is 0 Å². The van der Waals surface area contributed by atoms with Crippen LogP contribution in [-0.2, 0) is 0 Å². The first-order valence-corrected chi connectivity index (χ1v) is 7.50. The van der Waals surface area contributed by atoms with E-state index < -0.39 is 0 Å². The first-order chi connectivity index (χ1) is 8.03. The minimum absolute atomic E-state index is 0.208. The average molecular weight is 240 g/mol. The minimum atomic E-state index is 0.208. The second-order valence-electron chi connectivity index (χ2n) is 6.40. The maximum absolute atomic E-state index is 6.11. The molecule has 1 aliphatic rings. The molecule has 2 N–H and O–H groups in total. The van der Waals surface area contributed by atoms with Crippen LogP contribution in [0.3, 0.4) is 0 Å². The van der Waals surface area contributed by atoms with Crippen LogP contribution in [0.1, 0.15) is 66.2 Å². The molecule has 0 spiro atoms. The van der Waals surface area contributed by atoms with E-state index in [2.05, 4.69) is 32.6 Å². The molecule has 0 aliphatic carbocycles. The molecule has 0 saturated carbocycles. The van der Waals surface area contributed by atoms with Crippen LogP contribution in [0.25, 0.3) is 0 Å². The maximum atomic E-state index is 6.11. The van der Waals surface area contributed by atoms with Crippen molar-refractivity contribution in [2.45, 2.75) is 77.8 Å². The summed E-state index contributed by atoms with van der Waals surface area (Å²) in [7, 11) is 0. The monoisotopic (exact) mass is 240 g/mol. The summed E-state index contributed by atoms with van der Waals surface area (Å²) in [4.78, 5) is 2.74. The molecule has 0 radical (unpaired) electrons. The molecule has 0 amide bonds. The second-order valence-corrected chi connectivity index (χ2v) is 6.40. The molecule has 0 bridgehead atoms. The number of hydrogen-bond donors (Lipinski definition) is 1. The van der Waals surface area contributed by atoms with Gasteiger partial charge in [0.25, 0.3) is 0 Å². The van der Waals surface area contributed by atoms with Crippen LogP contribution in [0, 0.1) is 5.92 Å². The van der Waals surface area contributed by atoms with Crippen LogP contribution < -0.4 is 5.73 Å². The summed E-state index contributed by atoms with van der Waals surface area (Å²) in [6, 6.07) is 0.754. The molecular formula is C15H32N2. The maximum Gasteiger partial charge on any atom is 0.0308 e. The molecule has 1 aliphatic heterocycles. The Labute approximate surface area is 108 Å². The lowest BCUT2D eigenvalue weighted by molar-refractivity contribution is 0.0450. The van der Waals surface area contributed by atoms with Crippen LogP contribution in [0.5, 0.6) is 0 Å². The van der Waals surface area contributed by atoms with E-state index in [0.717, 1.165) is 18.5 Å². The topological polar surface area (TPSA) is 29.3 Å². The van der Waals surface area contributed by atoms with Gasteiger partial charge in [-0.1, -0.05) is 33.6 Å². The smallest absolute Gasteiger partial charge is 0.0308 e. The van der Waals surface area contributed by atoms with Gasteiger partial charge in [0.05, 0.1) is 0 Å². The zero-order valence-corrected chi connectivity index (χ0v) is 12.3. The van der Waals surface area contributed by atoms with Crippen molar-refractivity contribution in [1.82, 2.24) is 4.90 Å². The average Bonchev–Trinajstić information content (AvgIpc) is 2.53. The first kappa shape index (κ1) is 15.0. The minimum Gasteiger partial charge on any atom is -0.329 e. The lowest BCUT2D eigenvalue weighted by atomic mass is 9.87. The Balaban J connectivity index is 2.81. The van der Waals surface area contributed by atoms with E-state index in [9.17, 15) is 0 Å². The van der Waals surface area contributed by atoms with E-state index in [1.165, 1.54) is 45.1 Å². The van der Waals surface area contributed by atoms with Crippen molar-refractivity contribution in [1.29, 1.82) is 0 Å². The molecule has 1 saturated heterocycles. The highest BCUT2D eigenvalue weighted by molar-refractivity contribution is 4.92. The van der Waals surface area contributed by atoms with Crippen molar-refractivity contribution in [3.05, 3.63) is 0 Å². The van der Waals surface area contributed by atoms with Crippen LogP contribution in [0.4, 0.5) is 0 Å². The summed E-state index contributed by atoms with van der Waals surface area (Å²) < 4.78 is 0. The Kier molecular flexibility index (Phi) is 5.94. The summed E-state index contributed by atoms with van der Waals surface area (Å²) in [5.74, 6) is 0.726. The molecular weight excluding hydrogens is 208 g/mol. The highest BCUT2D eigenvalue weighted by Gasteiger charge is 2.35. The Morgan fingerprint density at radius 1 is 1.29 bits per heavy atom. The quantitative estimate of drug-likeness (QED) is 0.798. The summed E-state index contributed by atoms with van der Waals surface area (Å²) in [6.45, 7) is 11.4. The predicted molar refractivity (Wildman–Crippen MR) is 76.2 cm³/mol. The highest BCUT2D eigenvalue weighted by atomic mass is 15.2. The molecule has 0 aromatic rings. The lowest BCUT2D eigenvalue weighted by Crippen LogP contribution is -2.56. The van der Waals surface area contributed by atoms with Crippen molar-refractivity contribution in [2.75, 3.05) is 13.1 Å². The molecule has 0 aromatic heterocycles. The van der Waals surface area contributed by atoms with E-state index in [1.54, 1.807) is 0 Å². The van der Waals surface area contributed by atoms with Gasteiger partial charge in [0, 0.05) is 18.1 Å². The van der Waals surface area contributed by atoms with Gasteiger partial charge < -0.3 is 5.73 Å². The fourth-order valence-corrected chi connectivity index (χ4v) is 3.51. The van der Waals surface area contributed by atoms with E-state index in [1.807, 2.05) is 0 Å². The molecule has 17 heavy (non-hydrogen) atoms. The number of likely N-dealkylation sites (tertiary alicyclic amines) is 1. The van der Waals surface area contributed by atoms with Gasteiger partial charge in [-0.25, -0.2) is 0 Å². The van der Waals surface area contributed by atoms with Gasteiger partial charge in [-0.15, -0.1) is 0 Å². The van der Waals surface area contributed by atoms with Crippen LogP contribution in [-0.4, -0.2) is 29.6 Å². The summed E-state index contributed by atoms with van der Waals surface area (Å²) in [6.07, 6.45) is 8.01. The van der Waals surface area contributed by atoms with Crippen molar-refractivity contribution >= 4 is 0 Å². The van der Waals surface area contributed by atoms with E-state index >= 15 is 0 Å². The molecule has 2 nitrogen and oxygen atoms in total. The van der Waals surface area contributed by atoms with Crippen LogP contribution >= 0.6 is 0 Å². The molecule has 0 aromatic carbocycles. The van der Waals surface area contributed by atoms with E-state index in [0.29, 0.717) is 0 Å². The molecule has 1 heterocycles. The van der Waals surface area contributed by atoms with Crippen molar-refractivity contribution in [2.24, 2.45) is 11.7 Å². The summed E-state index contributed by atoms with van der Waals surface area (Å²) in [5.41, 5.74) is 6.32.